The molecule has 0 aromatic heterocycles. The monoisotopic (exact) mass is 1110 g/mol. The molecule has 12 nitrogen and oxygen atoms in total. The summed E-state index contributed by atoms with van der Waals surface area (Å²) in [6.45, 7) is 26.3. The van der Waals surface area contributed by atoms with E-state index >= 15 is 0 Å². The van der Waals surface area contributed by atoms with Crippen LogP contribution in [0.4, 0.5) is 0 Å². The van der Waals surface area contributed by atoms with Crippen molar-refractivity contribution in [2.24, 2.45) is 0 Å². The molecule has 0 aliphatic rings. The van der Waals surface area contributed by atoms with Crippen LogP contribution in [0, 0.1) is 0 Å². The number of aliphatic hydroxyl groups is 3. The van der Waals surface area contributed by atoms with Crippen molar-refractivity contribution in [3.63, 3.8) is 0 Å². The number of rotatable bonds is 35. The molecule has 5 aromatic carbocycles. The SMILES string of the molecule is C.C.CCC(O)COc1ccc(C(C)(C)c2ccc(OCC(O)COc3ccc(C(C)(C)c4ccc(OCC(O)CC)cc4)cc3)cc2)cc1.CCCCCOCCOCCOCCCCC.CCc1cc(CC)cc(C(=O)O)c1. The van der Waals surface area contributed by atoms with Crippen molar-refractivity contribution in [2.45, 2.75) is 177 Å². The summed E-state index contributed by atoms with van der Waals surface area (Å²) < 4.78 is 39.3. The van der Waals surface area contributed by atoms with Gasteiger partial charge < -0.3 is 53.6 Å². The van der Waals surface area contributed by atoms with Gasteiger partial charge in [0.05, 0.1) is 44.2 Å². The molecule has 0 aliphatic carbocycles. The minimum absolute atomic E-state index is 0. The maximum absolute atomic E-state index is 10.7. The summed E-state index contributed by atoms with van der Waals surface area (Å²) in [5, 5.41) is 38.9. The summed E-state index contributed by atoms with van der Waals surface area (Å²) in [7, 11) is 0. The highest BCUT2D eigenvalue weighted by Crippen LogP contribution is 2.35. The van der Waals surface area contributed by atoms with Crippen LogP contribution in [0.15, 0.2) is 115 Å². The molecule has 2 atom stereocenters. The molecule has 448 valence electrons. The number of ether oxygens (including phenoxy) is 7. The van der Waals surface area contributed by atoms with Crippen molar-refractivity contribution in [3.05, 3.63) is 154 Å². The molecular weight excluding hydrogens is 1010 g/mol. The van der Waals surface area contributed by atoms with Gasteiger partial charge in [-0.15, -0.1) is 0 Å². The second kappa shape index (κ2) is 40.7. The molecule has 0 amide bonds. The number of aliphatic hydroxyl groups excluding tert-OH is 3. The van der Waals surface area contributed by atoms with Gasteiger partial charge in [-0.05, 0) is 133 Å². The fourth-order valence-corrected chi connectivity index (χ4v) is 8.00. The topological polar surface area (TPSA) is 163 Å². The maximum atomic E-state index is 10.7. The van der Waals surface area contributed by atoms with E-state index in [1.54, 1.807) is 12.1 Å². The zero-order chi connectivity index (χ0) is 57.2. The highest BCUT2D eigenvalue weighted by molar-refractivity contribution is 5.88. The largest absolute Gasteiger partial charge is 0.491 e. The molecule has 5 rings (SSSR count). The lowest BCUT2D eigenvalue weighted by molar-refractivity contribution is 0.0133. The lowest BCUT2D eigenvalue weighted by Gasteiger charge is -2.27. The Morgan fingerprint density at radius 1 is 0.412 bits per heavy atom. The minimum Gasteiger partial charge on any atom is -0.491 e. The Labute approximate surface area is 483 Å². The number of aryl methyl sites for hydroxylation is 2. The molecule has 0 bridgehead atoms. The third-order valence-corrected chi connectivity index (χ3v) is 13.7. The lowest BCUT2D eigenvalue weighted by Crippen LogP contribution is -2.25. The molecule has 0 aliphatic heterocycles. The van der Waals surface area contributed by atoms with E-state index in [4.69, 9.17) is 38.3 Å². The number of unbranched alkanes of at least 4 members (excludes halogenated alkanes) is 4. The Bertz CT molecular complexity index is 2180. The second-order valence-electron chi connectivity index (χ2n) is 20.7. The van der Waals surface area contributed by atoms with E-state index in [2.05, 4.69) is 71.9 Å². The molecule has 80 heavy (non-hydrogen) atoms. The maximum Gasteiger partial charge on any atom is 0.335 e. The molecule has 0 spiro atoms. The zero-order valence-corrected chi connectivity index (χ0v) is 48.9. The minimum atomic E-state index is -0.843. The molecular formula is C68H104O12. The van der Waals surface area contributed by atoms with Gasteiger partial charge in [0.2, 0.25) is 0 Å². The van der Waals surface area contributed by atoms with Gasteiger partial charge in [0, 0.05) is 24.0 Å². The Morgan fingerprint density at radius 3 is 0.938 bits per heavy atom. The van der Waals surface area contributed by atoms with Gasteiger partial charge >= 0.3 is 5.97 Å². The number of aromatic carboxylic acids is 1. The van der Waals surface area contributed by atoms with Crippen LogP contribution in [0.3, 0.4) is 0 Å². The van der Waals surface area contributed by atoms with Crippen molar-refractivity contribution in [1.82, 2.24) is 0 Å². The summed E-state index contributed by atoms with van der Waals surface area (Å²) in [6.07, 6.45) is 8.70. The van der Waals surface area contributed by atoms with Gasteiger partial charge in [-0.2, -0.15) is 0 Å². The molecule has 2 unspecified atom stereocenters. The summed E-state index contributed by atoms with van der Waals surface area (Å²) >= 11 is 0. The quantitative estimate of drug-likeness (QED) is 0.0285. The van der Waals surface area contributed by atoms with Crippen LogP contribution in [-0.2, 0) is 37.9 Å². The summed E-state index contributed by atoms with van der Waals surface area (Å²) in [5.41, 5.74) is 6.67. The van der Waals surface area contributed by atoms with E-state index in [-0.39, 0.29) is 52.1 Å². The molecule has 4 N–H and O–H groups in total. The number of carboxylic acid groups (broad SMARTS) is 1. The lowest BCUT2D eigenvalue weighted by atomic mass is 9.78. The normalized spacial score (nSPS) is 12.2. The van der Waals surface area contributed by atoms with Gasteiger partial charge in [0.15, 0.2) is 0 Å². The zero-order valence-electron chi connectivity index (χ0n) is 48.9. The first-order chi connectivity index (χ1) is 37.5. The highest BCUT2D eigenvalue weighted by atomic mass is 16.5. The summed E-state index contributed by atoms with van der Waals surface area (Å²) in [5.74, 6) is 1.99. The third-order valence-electron chi connectivity index (χ3n) is 13.7. The van der Waals surface area contributed by atoms with Gasteiger partial charge in [-0.25, -0.2) is 4.79 Å². The van der Waals surface area contributed by atoms with Crippen LogP contribution in [-0.4, -0.2) is 111 Å². The van der Waals surface area contributed by atoms with Crippen molar-refractivity contribution < 1.29 is 58.4 Å². The standard InChI is InChI=1S/C41H52O7.C14H30O3.C11H14O2.2CH4/c1-7-33(42)25-45-36-17-9-29(10-18-36)40(3,4)31-13-21-38(22-14-31)47-27-35(44)28-48-39-23-15-32(16-24-39)41(5,6)30-11-19-37(20-12-30)46-26-34(43)8-2;1-3-5-7-9-15-11-13-17-14-12-16-10-8-6-4-2;1-3-8-5-9(4-2)7-10(6-8)11(12)13;;/h9-24,33-35,42-44H,7-8,25-28H2,1-6H3;3-14H2,1-2H3;5-7H,3-4H2,1-2H3,(H,12,13);2*1H4. The van der Waals surface area contributed by atoms with Crippen LogP contribution in [0.1, 0.15) is 179 Å². The van der Waals surface area contributed by atoms with Crippen LogP contribution in [0.25, 0.3) is 0 Å². The van der Waals surface area contributed by atoms with E-state index in [0.717, 1.165) is 83.8 Å². The van der Waals surface area contributed by atoms with Gasteiger partial charge in [-0.1, -0.05) is 164 Å². The van der Waals surface area contributed by atoms with E-state index in [1.165, 1.54) is 25.7 Å². The molecule has 5 aromatic rings. The van der Waals surface area contributed by atoms with E-state index in [0.29, 0.717) is 56.3 Å². The first kappa shape index (κ1) is 72.5. The van der Waals surface area contributed by atoms with Crippen molar-refractivity contribution in [1.29, 1.82) is 0 Å². The molecule has 0 radical (unpaired) electrons. The Kier molecular flexibility index (Phi) is 36.9. The molecule has 0 heterocycles. The average molecular weight is 1110 g/mol. The van der Waals surface area contributed by atoms with Crippen molar-refractivity contribution >= 4 is 5.97 Å². The molecule has 0 saturated carbocycles. The Balaban J connectivity index is 0.000000817. The van der Waals surface area contributed by atoms with E-state index in [1.807, 2.05) is 100 Å². The number of benzene rings is 5. The third kappa shape index (κ3) is 27.3. The average Bonchev–Trinajstić information content (AvgIpc) is 3.46. The fourth-order valence-electron chi connectivity index (χ4n) is 8.00. The van der Waals surface area contributed by atoms with Crippen LogP contribution in [0.5, 0.6) is 23.0 Å². The molecule has 0 fully saturated rings. The number of carboxylic acids is 1. The van der Waals surface area contributed by atoms with Gasteiger partial charge in [-0.3, -0.25) is 0 Å². The predicted molar refractivity (Wildman–Crippen MR) is 328 cm³/mol. The smallest absolute Gasteiger partial charge is 0.335 e. The predicted octanol–water partition coefficient (Wildman–Crippen LogP) is 14.7. The number of carbonyl (C=O) groups is 1. The Morgan fingerprint density at radius 2 is 0.688 bits per heavy atom. The van der Waals surface area contributed by atoms with Crippen molar-refractivity contribution in [3.8, 4) is 23.0 Å². The Hall–Kier alpha value is -5.47. The number of hydrogen-bond donors (Lipinski definition) is 4. The van der Waals surface area contributed by atoms with Gasteiger partial charge in [0.25, 0.3) is 0 Å². The first-order valence-electron chi connectivity index (χ1n) is 28.6. The summed E-state index contributed by atoms with van der Waals surface area (Å²) in [4.78, 5) is 10.7. The van der Waals surface area contributed by atoms with E-state index < -0.39 is 24.3 Å². The molecule has 0 saturated heterocycles. The van der Waals surface area contributed by atoms with E-state index in [9.17, 15) is 20.1 Å². The van der Waals surface area contributed by atoms with Crippen LogP contribution in [0.2, 0.25) is 0 Å². The second-order valence-corrected chi connectivity index (χ2v) is 20.7. The van der Waals surface area contributed by atoms with Crippen LogP contribution < -0.4 is 18.9 Å². The highest BCUT2D eigenvalue weighted by Gasteiger charge is 2.25. The number of hydrogen-bond acceptors (Lipinski definition) is 11. The van der Waals surface area contributed by atoms with Crippen molar-refractivity contribution in [2.75, 3.05) is 66.1 Å². The first-order valence-corrected chi connectivity index (χ1v) is 28.6. The van der Waals surface area contributed by atoms with Crippen LogP contribution >= 0.6 is 0 Å². The summed E-state index contributed by atoms with van der Waals surface area (Å²) in [6, 6.07) is 37.4. The fraction of sp³-hybridized carbons (Fsp3) is 0.544. The molecule has 12 heteroatoms. The van der Waals surface area contributed by atoms with Gasteiger partial charge in [0.1, 0.15) is 55.5 Å².